The van der Waals surface area contributed by atoms with Gasteiger partial charge in [-0.05, 0) is 45.4 Å². The summed E-state index contributed by atoms with van der Waals surface area (Å²) in [5.74, 6) is -0.801. The van der Waals surface area contributed by atoms with Crippen molar-refractivity contribution < 1.29 is 14.3 Å². The van der Waals surface area contributed by atoms with Crippen LogP contribution in [0.3, 0.4) is 0 Å². The molecule has 0 saturated heterocycles. The van der Waals surface area contributed by atoms with Crippen molar-refractivity contribution in [3.8, 4) is 0 Å². The van der Waals surface area contributed by atoms with Gasteiger partial charge in [0.1, 0.15) is 15.7 Å². The van der Waals surface area contributed by atoms with Crippen molar-refractivity contribution in [2.24, 2.45) is 0 Å². The van der Waals surface area contributed by atoms with E-state index in [4.69, 9.17) is 4.74 Å². The van der Waals surface area contributed by atoms with E-state index >= 15 is 0 Å². The summed E-state index contributed by atoms with van der Waals surface area (Å²) in [6, 6.07) is 6.63. The average Bonchev–Trinajstić information content (AvgIpc) is 3.01. The van der Waals surface area contributed by atoms with E-state index in [1.807, 2.05) is 19.1 Å². The van der Waals surface area contributed by atoms with Crippen molar-refractivity contribution >= 4 is 39.1 Å². The molecule has 0 radical (unpaired) electrons. The molecule has 0 saturated carbocycles. The first kappa shape index (κ1) is 19.8. The molecular formula is C20H21N3O4S. The highest BCUT2D eigenvalue weighted by Crippen LogP contribution is 2.28. The Morgan fingerprint density at radius 3 is 2.57 bits per heavy atom. The zero-order chi connectivity index (χ0) is 20.4. The summed E-state index contributed by atoms with van der Waals surface area (Å²) in [5, 5.41) is 3.14. The van der Waals surface area contributed by atoms with E-state index in [-0.39, 0.29) is 18.1 Å². The number of aromatic nitrogens is 2. The largest absolute Gasteiger partial charge is 0.462 e. The number of ether oxygens (including phenoxy) is 1. The fourth-order valence-corrected chi connectivity index (χ4v) is 3.85. The van der Waals surface area contributed by atoms with Crippen molar-refractivity contribution in [2.45, 2.75) is 33.7 Å². The predicted octanol–water partition coefficient (Wildman–Crippen LogP) is 3.45. The Balaban J connectivity index is 1.94. The number of carbonyl (C=O) groups is 2. The number of hydrogen-bond acceptors (Lipinski definition) is 6. The van der Waals surface area contributed by atoms with Crippen LogP contribution in [-0.4, -0.2) is 28.0 Å². The molecule has 28 heavy (non-hydrogen) atoms. The zero-order valence-corrected chi connectivity index (χ0v) is 16.9. The first-order valence-electron chi connectivity index (χ1n) is 8.88. The molecule has 1 amide bonds. The lowest BCUT2D eigenvalue weighted by Crippen LogP contribution is -2.31. The Morgan fingerprint density at radius 1 is 1.25 bits per heavy atom. The molecule has 3 aromatic rings. The van der Waals surface area contributed by atoms with Crippen LogP contribution in [-0.2, 0) is 9.53 Å². The molecule has 0 aliphatic carbocycles. The van der Waals surface area contributed by atoms with Crippen LogP contribution in [0.15, 0.2) is 35.4 Å². The number of nitrogens with zero attached hydrogens (tertiary/aromatic N) is 2. The third kappa shape index (κ3) is 3.68. The minimum Gasteiger partial charge on any atom is -0.462 e. The molecule has 8 heteroatoms. The van der Waals surface area contributed by atoms with Crippen LogP contribution in [0.5, 0.6) is 0 Å². The number of carbonyl (C=O) groups excluding carboxylic acids is 2. The number of thiophene rings is 1. The van der Waals surface area contributed by atoms with Gasteiger partial charge in [-0.25, -0.2) is 9.78 Å². The molecule has 1 atom stereocenters. The zero-order valence-electron chi connectivity index (χ0n) is 16.1. The number of nitrogens with one attached hydrogen (secondary N) is 1. The fourth-order valence-electron chi connectivity index (χ4n) is 2.81. The SMILES string of the molecule is CCOC(=O)c1sc2ncn([C@H](C)C(=O)Nc3ccc(C)cc3)c(=O)c2c1C. The van der Waals surface area contributed by atoms with Crippen LogP contribution in [0.1, 0.15) is 40.7 Å². The van der Waals surface area contributed by atoms with Gasteiger partial charge in [0.15, 0.2) is 0 Å². The fraction of sp³-hybridized carbons (Fsp3) is 0.300. The first-order chi connectivity index (χ1) is 13.3. The molecule has 1 aromatic carbocycles. The predicted molar refractivity (Wildman–Crippen MR) is 109 cm³/mol. The molecule has 1 N–H and O–H groups in total. The summed E-state index contributed by atoms with van der Waals surface area (Å²) in [6.07, 6.45) is 1.34. The van der Waals surface area contributed by atoms with Crippen LogP contribution in [0.2, 0.25) is 0 Å². The van der Waals surface area contributed by atoms with E-state index in [1.165, 1.54) is 10.9 Å². The highest BCUT2D eigenvalue weighted by Gasteiger charge is 2.23. The maximum absolute atomic E-state index is 13.0. The molecule has 7 nitrogen and oxygen atoms in total. The van der Waals surface area contributed by atoms with Gasteiger partial charge in [0.05, 0.1) is 18.3 Å². The molecule has 0 bridgehead atoms. The van der Waals surface area contributed by atoms with Crippen LogP contribution in [0.4, 0.5) is 5.69 Å². The van der Waals surface area contributed by atoms with Gasteiger partial charge in [-0.2, -0.15) is 0 Å². The summed E-state index contributed by atoms with van der Waals surface area (Å²) < 4.78 is 6.32. The topological polar surface area (TPSA) is 90.3 Å². The highest BCUT2D eigenvalue weighted by molar-refractivity contribution is 7.20. The van der Waals surface area contributed by atoms with Gasteiger partial charge in [0.2, 0.25) is 5.91 Å². The molecule has 0 unspecified atom stereocenters. The van der Waals surface area contributed by atoms with E-state index in [9.17, 15) is 14.4 Å². The highest BCUT2D eigenvalue weighted by atomic mass is 32.1. The van der Waals surface area contributed by atoms with Crippen molar-refractivity contribution in [3.63, 3.8) is 0 Å². The lowest BCUT2D eigenvalue weighted by atomic mass is 10.2. The molecule has 0 fully saturated rings. The Kier molecular flexibility index (Phi) is 5.60. The first-order valence-corrected chi connectivity index (χ1v) is 9.70. The molecule has 0 aliphatic rings. The quantitative estimate of drug-likeness (QED) is 0.664. The number of amides is 1. The van der Waals surface area contributed by atoms with Crippen LogP contribution < -0.4 is 10.9 Å². The summed E-state index contributed by atoms with van der Waals surface area (Å²) in [5.41, 5.74) is 1.90. The van der Waals surface area contributed by atoms with E-state index in [1.54, 1.807) is 32.9 Å². The molecule has 0 spiro atoms. The number of rotatable bonds is 5. The second kappa shape index (κ2) is 7.93. The van der Waals surface area contributed by atoms with Gasteiger partial charge >= 0.3 is 5.97 Å². The molecular weight excluding hydrogens is 378 g/mol. The summed E-state index contributed by atoms with van der Waals surface area (Å²) in [6.45, 7) is 7.25. The number of benzene rings is 1. The minimum atomic E-state index is -0.768. The Hall–Kier alpha value is -3.00. The summed E-state index contributed by atoms with van der Waals surface area (Å²) in [4.78, 5) is 42.8. The molecule has 2 heterocycles. The van der Waals surface area contributed by atoms with Crippen molar-refractivity contribution in [1.29, 1.82) is 0 Å². The lowest BCUT2D eigenvalue weighted by Gasteiger charge is -2.15. The maximum atomic E-state index is 13.0. The van der Waals surface area contributed by atoms with Crippen molar-refractivity contribution in [2.75, 3.05) is 11.9 Å². The van der Waals surface area contributed by atoms with Gasteiger partial charge < -0.3 is 10.1 Å². The van der Waals surface area contributed by atoms with Crippen LogP contribution in [0.25, 0.3) is 10.2 Å². The maximum Gasteiger partial charge on any atom is 0.348 e. The number of fused-ring (bicyclic) bond motifs is 1. The Labute approximate surface area is 166 Å². The van der Waals surface area contributed by atoms with Gasteiger partial charge in [0.25, 0.3) is 5.56 Å². The summed E-state index contributed by atoms with van der Waals surface area (Å²) in [7, 11) is 0. The van der Waals surface area contributed by atoms with Gasteiger partial charge in [0, 0.05) is 5.69 Å². The van der Waals surface area contributed by atoms with Gasteiger partial charge in [-0.1, -0.05) is 17.7 Å². The monoisotopic (exact) mass is 399 g/mol. The standard InChI is InChI=1S/C20H21N3O4S/c1-5-27-20(26)16-12(3)15-18(28-16)21-10-23(19(15)25)13(4)17(24)22-14-8-6-11(2)7-9-14/h6-10,13H,5H2,1-4H3,(H,22,24)/t13-/m1/s1. The van der Waals surface area contributed by atoms with Crippen LogP contribution >= 0.6 is 11.3 Å². The summed E-state index contributed by atoms with van der Waals surface area (Å²) >= 11 is 1.12. The third-order valence-corrected chi connectivity index (χ3v) is 5.63. The Morgan fingerprint density at radius 2 is 1.93 bits per heavy atom. The van der Waals surface area contributed by atoms with Crippen molar-refractivity contribution in [1.82, 2.24) is 9.55 Å². The van der Waals surface area contributed by atoms with Gasteiger partial charge in [-0.3, -0.25) is 14.2 Å². The lowest BCUT2D eigenvalue weighted by molar-refractivity contribution is -0.118. The third-order valence-electron chi connectivity index (χ3n) is 4.45. The smallest absolute Gasteiger partial charge is 0.348 e. The van der Waals surface area contributed by atoms with E-state index in [0.717, 1.165) is 16.9 Å². The van der Waals surface area contributed by atoms with E-state index in [2.05, 4.69) is 10.3 Å². The van der Waals surface area contributed by atoms with Crippen LogP contribution in [0, 0.1) is 13.8 Å². The molecule has 2 aromatic heterocycles. The normalized spacial score (nSPS) is 12.0. The number of anilines is 1. The molecule has 0 aliphatic heterocycles. The average molecular weight is 399 g/mol. The Bertz CT molecular complexity index is 1100. The number of esters is 1. The molecule has 146 valence electrons. The number of hydrogen-bond donors (Lipinski definition) is 1. The second-order valence-electron chi connectivity index (χ2n) is 6.45. The number of aryl methyl sites for hydroxylation is 2. The van der Waals surface area contributed by atoms with E-state index in [0.29, 0.717) is 26.3 Å². The minimum absolute atomic E-state index is 0.250. The van der Waals surface area contributed by atoms with Gasteiger partial charge in [-0.15, -0.1) is 11.3 Å². The molecule has 3 rings (SSSR count). The van der Waals surface area contributed by atoms with E-state index < -0.39 is 12.0 Å². The second-order valence-corrected chi connectivity index (χ2v) is 7.44. The van der Waals surface area contributed by atoms with Crippen molar-refractivity contribution in [3.05, 3.63) is 57.0 Å².